The number of rotatable bonds is 3. The summed E-state index contributed by atoms with van der Waals surface area (Å²) in [5.74, 6) is 1.83. The summed E-state index contributed by atoms with van der Waals surface area (Å²) in [6.07, 6.45) is 5.01. The molecule has 2 fully saturated rings. The lowest BCUT2D eigenvalue weighted by molar-refractivity contribution is 0.102. The summed E-state index contributed by atoms with van der Waals surface area (Å²) in [6, 6.07) is 0.765. The summed E-state index contributed by atoms with van der Waals surface area (Å²) in [4.78, 5) is 4.98. The molecule has 1 aromatic heterocycles. The molecular formula is C14H25N5S. The predicted molar refractivity (Wildman–Crippen MR) is 83.7 cm³/mol. The second-order valence-corrected chi connectivity index (χ2v) is 6.55. The highest BCUT2D eigenvalue weighted by molar-refractivity contribution is 7.71. The molecule has 2 saturated heterocycles. The van der Waals surface area contributed by atoms with Crippen LogP contribution in [0.5, 0.6) is 0 Å². The third kappa shape index (κ3) is 2.51. The number of likely N-dealkylation sites (tertiary alicyclic amines) is 1. The van der Waals surface area contributed by atoms with Gasteiger partial charge in [0.2, 0.25) is 5.95 Å². The number of aromatic amines is 1. The third-order valence-corrected chi connectivity index (χ3v) is 5.13. The van der Waals surface area contributed by atoms with Gasteiger partial charge in [-0.1, -0.05) is 6.92 Å². The standard InChI is InChI=1S/C14H25N5S/c1-3-7-19-13(15-16-14(19)20)18-9-6-12-11(10-18)5-4-8-17(12)2/h11-12H,3-10H2,1-2H3,(H,16,20). The van der Waals surface area contributed by atoms with Crippen molar-refractivity contribution in [3.05, 3.63) is 4.77 Å². The van der Waals surface area contributed by atoms with Crippen LogP contribution in [0.1, 0.15) is 32.6 Å². The molecule has 2 aliphatic rings. The summed E-state index contributed by atoms with van der Waals surface area (Å²) in [6.45, 7) is 6.61. The van der Waals surface area contributed by atoms with Gasteiger partial charge in [-0.2, -0.15) is 0 Å². The zero-order valence-corrected chi connectivity index (χ0v) is 13.3. The van der Waals surface area contributed by atoms with Crippen LogP contribution in [0.3, 0.4) is 0 Å². The van der Waals surface area contributed by atoms with Gasteiger partial charge >= 0.3 is 0 Å². The zero-order chi connectivity index (χ0) is 14.1. The third-order valence-electron chi connectivity index (χ3n) is 4.81. The van der Waals surface area contributed by atoms with Crippen molar-refractivity contribution in [3.63, 3.8) is 0 Å². The van der Waals surface area contributed by atoms with Crippen LogP contribution in [0.4, 0.5) is 5.95 Å². The first-order valence-electron chi connectivity index (χ1n) is 7.81. The number of anilines is 1. The predicted octanol–water partition coefficient (Wildman–Crippen LogP) is 2.27. The van der Waals surface area contributed by atoms with Crippen molar-refractivity contribution in [2.45, 2.75) is 45.2 Å². The molecule has 0 aromatic carbocycles. The summed E-state index contributed by atoms with van der Waals surface area (Å²) in [5.41, 5.74) is 0. The lowest BCUT2D eigenvalue weighted by atomic mass is 9.84. The zero-order valence-electron chi connectivity index (χ0n) is 12.5. The molecule has 3 heterocycles. The van der Waals surface area contributed by atoms with E-state index in [1.165, 1.54) is 25.8 Å². The molecule has 0 spiro atoms. The van der Waals surface area contributed by atoms with Gasteiger partial charge in [0.15, 0.2) is 4.77 Å². The maximum atomic E-state index is 5.35. The van der Waals surface area contributed by atoms with Gasteiger partial charge in [-0.15, -0.1) is 5.10 Å². The highest BCUT2D eigenvalue weighted by atomic mass is 32.1. The summed E-state index contributed by atoms with van der Waals surface area (Å²) in [7, 11) is 2.28. The molecule has 0 radical (unpaired) electrons. The fraction of sp³-hybridized carbons (Fsp3) is 0.857. The van der Waals surface area contributed by atoms with Crippen LogP contribution in [0.2, 0.25) is 0 Å². The SMILES string of the molecule is CCCn1c(N2CCC3C(CCCN3C)C2)n[nH]c1=S. The Morgan fingerprint density at radius 2 is 2.20 bits per heavy atom. The smallest absolute Gasteiger partial charge is 0.225 e. The van der Waals surface area contributed by atoms with Gasteiger partial charge in [0, 0.05) is 25.7 Å². The van der Waals surface area contributed by atoms with Crippen molar-refractivity contribution in [2.75, 3.05) is 31.6 Å². The van der Waals surface area contributed by atoms with Crippen molar-refractivity contribution in [1.82, 2.24) is 19.7 Å². The van der Waals surface area contributed by atoms with E-state index in [0.29, 0.717) is 0 Å². The number of nitrogens with one attached hydrogen (secondary N) is 1. The molecule has 0 amide bonds. The Kier molecular flexibility index (Phi) is 4.12. The lowest BCUT2D eigenvalue weighted by Gasteiger charge is -2.46. The largest absolute Gasteiger partial charge is 0.341 e. The molecule has 20 heavy (non-hydrogen) atoms. The molecule has 2 unspecified atom stereocenters. The van der Waals surface area contributed by atoms with E-state index in [0.717, 1.165) is 48.7 Å². The number of aromatic nitrogens is 3. The number of hydrogen-bond acceptors (Lipinski definition) is 4. The van der Waals surface area contributed by atoms with Crippen LogP contribution >= 0.6 is 12.2 Å². The second kappa shape index (κ2) is 5.85. The molecule has 3 rings (SSSR count). The maximum Gasteiger partial charge on any atom is 0.225 e. The van der Waals surface area contributed by atoms with Gasteiger partial charge in [-0.05, 0) is 57.4 Å². The molecule has 0 bridgehead atoms. The Morgan fingerprint density at radius 1 is 1.35 bits per heavy atom. The van der Waals surface area contributed by atoms with Gasteiger partial charge in [0.25, 0.3) is 0 Å². The minimum atomic E-state index is 0.754. The summed E-state index contributed by atoms with van der Waals surface area (Å²) in [5, 5.41) is 7.44. The molecule has 112 valence electrons. The minimum absolute atomic E-state index is 0.754. The normalized spacial score (nSPS) is 27.6. The number of hydrogen-bond donors (Lipinski definition) is 1. The fourth-order valence-corrected chi connectivity index (χ4v) is 4.03. The average Bonchev–Trinajstić information content (AvgIpc) is 2.81. The lowest BCUT2D eigenvalue weighted by Crippen LogP contribution is -2.53. The van der Waals surface area contributed by atoms with Crippen LogP contribution in [0.25, 0.3) is 0 Å². The first-order valence-corrected chi connectivity index (χ1v) is 8.22. The molecule has 1 aromatic rings. The van der Waals surface area contributed by atoms with Gasteiger partial charge in [0.05, 0.1) is 0 Å². The van der Waals surface area contributed by atoms with Gasteiger partial charge in [-0.3, -0.25) is 4.57 Å². The summed E-state index contributed by atoms with van der Waals surface area (Å²) >= 11 is 5.35. The second-order valence-electron chi connectivity index (χ2n) is 6.17. The Balaban J connectivity index is 1.78. The molecular weight excluding hydrogens is 270 g/mol. The number of fused-ring (bicyclic) bond motifs is 1. The quantitative estimate of drug-likeness (QED) is 0.869. The first kappa shape index (κ1) is 14.1. The number of nitrogens with zero attached hydrogens (tertiary/aromatic N) is 4. The average molecular weight is 295 g/mol. The van der Waals surface area contributed by atoms with Gasteiger partial charge in [-0.25, -0.2) is 5.10 Å². The van der Waals surface area contributed by atoms with E-state index < -0.39 is 0 Å². The molecule has 6 heteroatoms. The summed E-state index contributed by atoms with van der Waals surface area (Å²) < 4.78 is 2.91. The number of piperidine rings is 2. The van der Waals surface area contributed by atoms with E-state index in [9.17, 15) is 0 Å². The minimum Gasteiger partial charge on any atom is -0.341 e. The van der Waals surface area contributed by atoms with Crippen molar-refractivity contribution < 1.29 is 0 Å². The van der Waals surface area contributed by atoms with Crippen LogP contribution in [0.15, 0.2) is 0 Å². The van der Waals surface area contributed by atoms with Crippen molar-refractivity contribution >= 4 is 18.2 Å². The molecule has 0 aliphatic carbocycles. The van der Waals surface area contributed by atoms with E-state index >= 15 is 0 Å². The molecule has 2 atom stereocenters. The monoisotopic (exact) mass is 295 g/mol. The fourth-order valence-electron chi connectivity index (χ4n) is 3.81. The molecule has 0 saturated carbocycles. The van der Waals surface area contributed by atoms with Crippen molar-refractivity contribution in [3.8, 4) is 0 Å². The Labute approximate surface area is 126 Å². The van der Waals surface area contributed by atoms with Gasteiger partial charge < -0.3 is 9.80 Å². The van der Waals surface area contributed by atoms with Crippen LogP contribution in [-0.4, -0.2) is 52.4 Å². The molecule has 5 nitrogen and oxygen atoms in total. The number of H-pyrrole nitrogens is 1. The topological polar surface area (TPSA) is 40.1 Å². The van der Waals surface area contributed by atoms with E-state index in [4.69, 9.17) is 12.2 Å². The Bertz CT molecular complexity index is 508. The van der Waals surface area contributed by atoms with Crippen LogP contribution < -0.4 is 4.90 Å². The van der Waals surface area contributed by atoms with E-state index in [-0.39, 0.29) is 0 Å². The first-order chi connectivity index (χ1) is 9.70. The van der Waals surface area contributed by atoms with Crippen LogP contribution in [0, 0.1) is 10.7 Å². The van der Waals surface area contributed by atoms with E-state index in [2.05, 4.69) is 38.5 Å². The molecule has 1 N–H and O–H groups in total. The van der Waals surface area contributed by atoms with Crippen molar-refractivity contribution in [2.24, 2.45) is 5.92 Å². The Hall–Kier alpha value is -0.880. The highest BCUT2D eigenvalue weighted by Gasteiger charge is 2.35. The van der Waals surface area contributed by atoms with E-state index in [1.807, 2.05) is 0 Å². The Morgan fingerprint density at radius 3 is 3.00 bits per heavy atom. The molecule has 2 aliphatic heterocycles. The van der Waals surface area contributed by atoms with Crippen molar-refractivity contribution in [1.29, 1.82) is 0 Å². The highest BCUT2D eigenvalue weighted by Crippen LogP contribution is 2.31. The maximum absolute atomic E-state index is 5.35. The van der Waals surface area contributed by atoms with E-state index in [1.54, 1.807) is 0 Å². The van der Waals surface area contributed by atoms with Crippen LogP contribution in [-0.2, 0) is 6.54 Å². The van der Waals surface area contributed by atoms with Gasteiger partial charge in [0.1, 0.15) is 0 Å².